The van der Waals surface area contributed by atoms with Gasteiger partial charge in [0, 0.05) is 12.8 Å². The monoisotopic (exact) mass is 657 g/mol. The van der Waals surface area contributed by atoms with Crippen molar-refractivity contribution in [3.05, 3.63) is 60.8 Å². The molecule has 0 heterocycles. The minimum Gasteiger partial charge on any atom is -0.462 e. The predicted octanol–water partition coefficient (Wildman–Crippen LogP) is 12.0. The van der Waals surface area contributed by atoms with E-state index >= 15 is 0 Å². The number of allylic oxidation sites excluding steroid dienone is 10. The van der Waals surface area contributed by atoms with E-state index in [4.69, 9.17) is 9.47 Å². The van der Waals surface area contributed by atoms with Crippen molar-refractivity contribution in [1.29, 1.82) is 0 Å². The summed E-state index contributed by atoms with van der Waals surface area (Å²) in [6, 6.07) is 0. The van der Waals surface area contributed by atoms with Gasteiger partial charge >= 0.3 is 11.9 Å². The number of carbonyl (C=O) groups excluding carboxylic acids is 2. The number of unbranched alkanes of at least 4 members (excludes halogenated alkanes) is 16. The average Bonchev–Trinajstić information content (AvgIpc) is 3.07. The molecule has 0 rings (SSSR count). The van der Waals surface area contributed by atoms with Gasteiger partial charge in [0.1, 0.15) is 6.61 Å². The predicted molar refractivity (Wildman–Crippen MR) is 200 cm³/mol. The summed E-state index contributed by atoms with van der Waals surface area (Å²) in [6.45, 7) is 4.03. The highest BCUT2D eigenvalue weighted by atomic mass is 16.6. The second-order valence-corrected chi connectivity index (χ2v) is 12.6. The first-order valence-corrected chi connectivity index (χ1v) is 19.3. The number of hydrogen-bond acceptors (Lipinski definition) is 5. The summed E-state index contributed by atoms with van der Waals surface area (Å²) in [4.78, 5) is 24.2. The van der Waals surface area contributed by atoms with E-state index in [-0.39, 0.29) is 25.2 Å². The number of hydrogen-bond donors (Lipinski definition) is 1. The first kappa shape index (κ1) is 44.6. The molecule has 0 fully saturated rings. The van der Waals surface area contributed by atoms with Crippen LogP contribution in [0.2, 0.25) is 0 Å². The zero-order chi connectivity index (χ0) is 34.3. The van der Waals surface area contributed by atoms with Crippen LogP contribution in [-0.4, -0.2) is 36.4 Å². The number of aliphatic hydroxyl groups excluding tert-OH is 1. The fourth-order valence-electron chi connectivity index (χ4n) is 5.05. The quantitative estimate of drug-likeness (QED) is 0.0424. The zero-order valence-electron chi connectivity index (χ0n) is 30.5. The number of rotatable bonds is 34. The molecule has 0 aliphatic heterocycles. The molecule has 1 N–H and O–H groups in total. The van der Waals surface area contributed by atoms with E-state index in [0.29, 0.717) is 12.8 Å². The van der Waals surface area contributed by atoms with Gasteiger partial charge in [-0.3, -0.25) is 9.59 Å². The van der Waals surface area contributed by atoms with E-state index in [1.54, 1.807) is 0 Å². The largest absolute Gasteiger partial charge is 0.462 e. The third kappa shape index (κ3) is 36.3. The molecule has 47 heavy (non-hydrogen) atoms. The van der Waals surface area contributed by atoms with Crippen LogP contribution in [0.3, 0.4) is 0 Å². The molecule has 0 bridgehead atoms. The third-order valence-electron chi connectivity index (χ3n) is 8.03. The van der Waals surface area contributed by atoms with Gasteiger partial charge in [-0.05, 0) is 77.0 Å². The maximum absolute atomic E-state index is 12.2. The molecule has 0 spiro atoms. The van der Waals surface area contributed by atoms with Gasteiger partial charge in [-0.2, -0.15) is 0 Å². The van der Waals surface area contributed by atoms with Gasteiger partial charge in [-0.1, -0.05) is 145 Å². The third-order valence-corrected chi connectivity index (χ3v) is 8.03. The first-order chi connectivity index (χ1) is 23.1. The van der Waals surface area contributed by atoms with Gasteiger partial charge in [0.2, 0.25) is 0 Å². The summed E-state index contributed by atoms with van der Waals surface area (Å²) < 4.78 is 10.6. The molecule has 1 atom stereocenters. The second-order valence-electron chi connectivity index (χ2n) is 12.6. The number of carbonyl (C=O) groups is 2. The van der Waals surface area contributed by atoms with Crippen molar-refractivity contribution in [2.75, 3.05) is 13.2 Å². The van der Waals surface area contributed by atoms with Crippen molar-refractivity contribution in [3.8, 4) is 0 Å². The Labute approximate surface area is 290 Å². The van der Waals surface area contributed by atoms with E-state index in [0.717, 1.165) is 70.6 Å². The summed E-state index contributed by atoms with van der Waals surface area (Å²) >= 11 is 0. The normalized spacial score (nSPS) is 12.8. The van der Waals surface area contributed by atoms with Crippen LogP contribution in [0.25, 0.3) is 0 Å². The van der Waals surface area contributed by atoms with E-state index < -0.39 is 6.10 Å². The molecule has 0 radical (unpaired) electrons. The van der Waals surface area contributed by atoms with Crippen LogP contribution in [0.4, 0.5) is 0 Å². The summed E-state index contributed by atoms with van der Waals surface area (Å²) in [5, 5.41) is 9.54. The number of aliphatic hydroxyl groups is 1. The Bertz CT molecular complexity index is 838. The highest BCUT2D eigenvalue weighted by molar-refractivity contribution is 5.70. The summed E-state index contributed by atoms with van der Waals surface area (Å²) in [6.07, 6.45) is 48.4. The van der Waals surface area contributed by atoms with Crippen molar-refractivity contribution in [2.45, 2.75) is 180 Å². The molecular weight excluding hydrogens is 584 g/mol. The molecule has 0 saturated heterocycles. The molecule has 0 amide bonds. The second kappa shape index (κ2) is 38.1. The van der Waals surface area contributed by atoms with Gasteiger partial charge in [-0.25, -0.2) is 0 Å². The van der Waals surface area contributed by atoms with E-state index in [2.05, 4.69) is 74.6 Å². The van der Waals surface area contributed by atoms with Gasteiger partial charge in [0.05, 0.1) is 6.61 Å². The Morgan fingerprint density at radius 2 is 0.872 bits per heavy atom. The lowest BCUT2D eigenvalue weighted by Crippen LogP contribution is -2.28. The molecule has 0 aromatic heterocycles. The van der Waals surface area contributed by atoms with Gasteiger partial charge in [0.25, 0.3) is 0 Å². The molecule has 5 heteroatoms. The molecule has 270 valence electrons. The van der Waals surface area contributed by atoms with Crippen molar-refractivity contribution in [2.24, 2.45) is 0 Å². The maximum Gasteiger partial charge on any atom is 0.306 e. The van der Waals surface area contributed by atoms with Crippen LogP contribution < -0.4 is 0 Å². The highest BCUT2D eigenvalue weighted by Crippen LogP contribution is 2.12. The molecule has 0 saturated carbocycles. The molecule has 0 aromatic carbocycles. The van der Waals surface area contributed by atoms with Gasteiger partial charge in [0.15, 0.2) is 6.10 Å². The fourth-order valence-corrected chi connectivity index (χ4v) is 5.05. The lowest BCUT2D eigenvalue weighted by molar-refractivity contribution is -0.161. The Balaban J connectivity index is 3.63. The number of esters is 2. The van der Waals surface area contributed by atoms with Crippen molar-refractivity contribution in [1.82, 2.24) is 0 Å². The van der Waals surface area contributed by atoms with Gasteiger partial charge < -0.3 is 14.6 Å². The number of ether oxygens (including phenoxy) is 2. The van der Waals surface area contributed by atoms with Crippen molar-refractivity contribution < 1.29 is 24.2 Å². The summed E-state index contributed by atoms with van der Waals surface area (Å²) in [5.41, 5.74) is 0. The van der Waals surface area contributed by atoms with Crippen LogP contribution >= 0.6 is 0 Å². The molecule has 0 aliphatic rings. The molecule has 1 unspecified atom stereocenters. The molecule has 5 nitrogen and oxygen atoms in total. The standard InChI is InChI=1S/C42H72O5/c1-3-5-7-9-11-13-15-17-19-20-21-22-23-25-27-29-31-33-35-37-42(45)47-40(38-43)39-46-41(44)36-34-32-30-28-26-24-18-16-14-12-10-8-6-4-2/h10-13,16-19,21-22,40,43H,3-9,14-15,20,23-39H2,1-2H3/b12-10-,13-11-,18-16-,19-17-,22-21-. The lowest BCUT2D eigenvalue weighted by Gasteiger charge is -2.15. The van der Waals surface area contributed by atoms with Crippen LogP contribution in [0.15, 0.2) is 60.8 Å². The lowest BCUT2D eigenvalue weighted by atomic mass is 10.1. The first-order valence-electron chi connectivity index (χ1n) is 19.3. The van der Waals surface area contributed by atoms with E-state index in [1.807, 2.05) is 0 Å². The molecule has 0 aromatic rings. The zero-order valence-corrected chi connectivity index (χ0v) is 30.5. The van der Waals surface area contributed by atoms with E-state index in [9.17, 15) is 14.7 Å². The highest BCUT2D eigenvalue weighted by Gasteiger charge is 2.16. The Morgan fingerprint density at radius 1 is 0.489 bits per heavy atom. The van der Waals surface area contributed by atoms with Crippen LogP contribution in [0, 0.1) is 0 Å². The van der Waals surface area contributed by atoms with Crippen molar-refractivity contribution >= 4 is 11.9 Å². The molecule has 0 aliphatic carbocycles. The van der Waals surface area contributed by atoms with Crippen LogP contribution in [0.1, 0.15) is 174 Å². The van der Waals surface area contributed by atoms with E-state index in [1.165, 1.54) is 77.0 Å². The Morgan fingerprint density at radius 3 is 1.34 bits per heavy atom. The smallest absolute Gasteiger partial charge is 0.306 e. The molecular formula is C42H72O5. The van der Waals surface area contributed by atoms with Gasteiger partial charge in [-0.15, -0.1) is 0 Å². The maximum atomic E-state index is 12.2. The summed E-state index contributed by atoms with van der Waals surface area (Å²) in [5.74, 6) is -0.626. The van der Waals surface area contributed by atoms with Crippen molar-refractivity contribution in [3.63, 3.8) is 0 Å². The topological polar surface area (TPSA) is 72.8 Å². The minimum absolute atomic E-state index is 0.0809. The minimum atomic E-state index is -0.785. The summed E-state index contributed by atoms with van der Waals surface area (Å²) in [7, 11) is 0. The average molecular weight is 657 g/mol. The SMILES string of the molecule is CCCC/C=C\C/C=C\CCCCCCCC(=O)OCC(CO)OC(=O)CCCCCCCC/C=C\C/C=C\C/C=C\CCCCC. The Hall–Kier alpha value is -2.40. The fraction of sp³-hybridized carbons (Fsp3) is 0.714. The Kier molecular flexibility index (Phi) is 36.1. The van der Waals surface area contributed by atoms with Crippen LogP contribution in [0.5, 0.6) is 0 Å². The van der Waals surface area contributed by atoms with Crippen LogP contribution in [-0.2, 0) is 19.1 Å².